The summed E-state index contributed by atoms with van der Waals surface area (Å²) in [5.74, 6) is 0. The van der Waals surface area contributed by atoms with E-state index < -0.39 is 0 Å². The molecule has 0 radical (unpaired) electrons. The summed E-state index contributed by atoms with van der Waals surface area (Å²) in [6.07, 6.45) is 2.73. The molecule has 0 fully saturated rings. The highest BCUT2D eigenvalue weighted by Crippen LogP contribution is 2.14. The van der Waals surface area contributed by atoms with Gasteiger partial charge < -0.3 is 0 Å². The van der Waals surface area contributed by atoms with Gasteiger partial charge in [-0.25, -0.2) is 0 Å². The van der Waals surface area contributed by atoms with Gasteiger partial charge in [-0.05, 0) is 43.7 Å². The Morgan fingerprint density at radius 1 is 0.833 bits per heavy atom. The van der Waals surface area contributed by atoms with E-state index in [1.165, 1.54) is 10.9 Å². The normalized spacial score (nSPS) is 10.2. The van der Waals surface area contributed by atoms with Crippen LogP contribution in [0.1, 0.15) is 21.6 Å². The number of fused-ring (bicyclic) bond motifs is 2. The minimum atomic E-state index is 0.665. The Kier molecular flexibility index (Phi) is 4.62. The highest BCUT2D eigenvalue weighted by molar-refractivity contribution is 5.87. The monoisotopic (exact) mass is 314 g/mol. The smallest absolute Gasteiger partial charge is 0.151 e. The molecule has 2 aromatic carbocycles. The van der Waals surface area contributed by atoms with Gasteiger partial charge >= 0.3 is 0 Å². The van der Waals surface area contributed by atoms with Crippen LogP contribution in [0.4, 0.5) is 0 Å². The molecule has 0 spiro atoms. The first kappa shape index (κ1) is 15.8. The van der Waals surface area contributed by atoms with E-state index in [9.17, 15) is 4.79 Å². The van der Waals surface area contributed by atoms with E-state index in [1.54, 1.807) is 0 Å². The molecule has 0 aliphatic carbocycles. The molecule has 0 atom stereocenters. The van der Waals surface area contributed by atoms with Gasteiger partial charge in [0, 0.05) is 28.2 Å². The number of pyridine rings is 2. The molecule has 4 aromatic rings. The van der Waals surface area contributed by atoms with Crippen LogP contribution in [0.5, 0.6) is 0 Å². The third-order valence-corrected chi connectivity index (χ3v) is 3.81. The first-order valence-corrected chi connectivity index (χ1v) is 7.80. The van der Waals surface area contributed by atoms with Crippen LogP contribution in [0.3, 0.4) is 0 Å². The first-order valence-electron chi connectivity index (χ1n) is 7.80. The number of benzene rings is 2. The van der Waals surface area contributed by atoms with Crippen LogP contribution in [0.2, 0.25) is 0 Å². The molecular formula is C21H18N2O. The second-order valence-electron chi connectivity index (χ2n) is 5.68. The van der Waals surface area contributed by atoms with Gasteiger partial charge in [-0.3, -0.25) is 14.8 Å². The Balaban J connectivity index is 0.000000143. The molecule has 0 saturated heterocycles. The second-order valence-corrected chi connectivity index (χ2v) is 5.68. The average molecular weight is 314 g/mol. The zero-order chi connectivity index (χ0) is 16.9. The number of hydrogen-bond acceptors (Lipinski definition) is 3. The Labute approximate surface area is 141 Å². The maximum absolute atomic E-state index is 10.6. The van der Waals surface area contributed by atoms with Crippen LogP contribution < -0.4 is 0 Å². The number of carbonyl (C=O) groups is 1. The van der Waals surface area contributed by atoms with E-state index in [4.69, 9.17) is 0 Å². The lowest BCUT2D eigenvalue weighted by Gasteiger charge is -2.00. The fourth-order valence-corrected chi connectivity index (χ4v) is 2.53. The van der Waals surface area contributed by atoms with Gasteiger partial charge in [-0.15, -0.1) is 0 Å². The van der Waals surface area contributed by atoms with Crippen LogP contribution in [0.25, 0.3) is 21.8 Å². The van der Waals surface area contributed by atoms with E-state index in [1.807, 2.05) is 61.7 Å². The zero-order valence-electron chi connectivity index (χ0n) is 13.7. The van der Waals surface area contributed by atoms with Crippen molar-refractivity contribution in [2.24, 2.45) is 0 Å². The first-order chi connectivity index (χ1) is 11.7. The summed E-state index contributed by atoms with van der Waals surface area (Å²) in [5.41, 5.74) is 4.67. The van der Waals surface area contributed by atoms with Crippen LogP contribution in [0.15, 0.2) is 66.9 Å². The number of aldehydes is 1. The van der Waals surface area contributed by atoms with Gasteiger partial charge in [0.2, 0.25) is 0 Å². The highest BCUT2D eigenvalue weighted by atomic mass is 16.1. The van der Waals surface area contributed by atoms with Crippen molar-refractivity contribution in [2.45, 2.75) is 13.8 Å². The molecule has 118 valence electrons. The molecule has 0 unspecified atom stereocenters. The summed E-state index contributed by atoms with van der Waals surface area (Å²) in [4.78, 5) is 19.2. The van der Waals surface area contributed by atoms with E-state index in [2.05, 4.69) is 29.0 Å². The zero-order valence-corrected chi connectivity index (χ0v) is 13.7. The number of nitrogens with zero attached hydrogens (tertiary/aromatic N) is 2. The number of hydrogen-bond donors (Lipinski definition) is 0. The van der Waals surface area contributed by atoms with Crippen LogP contribution in [-0.4, -0.2) is 16.3 Å². The Morgan fingerprint density at radius 3 is 2.17 bits per heavy atom. The minimum Gasteiger partial charge on any atom is -0.298 e. The van der Waals surface area contributed by atoms with Crippen molar-refractivity contribution in [3.8, 4) is 0 Å². The number of aromatic nitrogens is 2. The van der Waals surface area contributed by atoms with Crippen molar-refractivity contribution in [3.63, 3.8) is 0 Å². The SMILES string of the molecule is Cc1cnc2ccccc2c1.Cc1nc2ccccc2cc1C=O. The van der Waals surface area contributed by atoms with Crippen molar-refractivity contribution in [1.29, 1.82) is 0 Å². The lowest BCUT2D eigenvalue weighted by Crippen LogP contribution is -1.91. The molecule has 0 amide bonds. The van der Waals surface area contributed by atoms with E-state index in [-0.39, 0.29) is 0 Å². The number of carbonyl (C=O) groups excluding carboxylic acids is 1. The number of aryl methyl sites for hydroxylation is 2. The molecule has 3 heteroatoms. The van der Waals surface area contributed by atoms with Crippen molar-refractivity contribution in [2.75, 3.05) is 0 Å². The molecule has 0 saturated carbocycles. The van der Waals surface area contributed by atoms with Gasteiger partial charge in [0.05, 0.1) is 11.0 Å². The van der Waals surface area contributed by atoms with E-state index in [0.29, 0.717) is 5.56 Å². The molecule has 2 aromatic heterocycles. The summed E-state index contributed by atoms with van der Waals surface area (Å²) < 4.78 is 0. The van der Waals surface area contributed by atoms with Crippen LogP contribution in [-0.2, 0) is 0 Å². The third-order valence-electron chi connectivity index (χ3n) is 3.81. The third kappa shape index (κ3) is 3.46. The number of rotatable bonds is 1. The molecule has 0 aliphatic heterocycles. The lowest BCUT2D eigenvalue weighted by atomic mass is 10.1. The Hall–Kier alpha value is -3.07. The van der Waals surface area contributed by atoms with Crippen molar-refractivity contribution >= 4 is 28.1 Å². The van der Waals surface area contributed by atoms with E-state index >= 15 is 0 Å². The molecule has 0 bridgehead atoms. The predicted molar refractivity (Wildman–Crippen MR) is 98.3 cm³/mol. The fraction of sp³-hybridized carbons (Fsp3) is 0.0952. The van der Waals surface area contributed by atoms with Crippen LogP contribution >= 0.6 is 0 Å². The summed E-state index contributed by atoms with van der Waals surface area (Å²) >= 11 is 0. The summed E-state index contributed by atoms with van der Waals surface area (Å²) in [6, 6.07) is 19.9. The lowest BCUT2D eigenvalue weighted by molar-refractivity contribution is 0.112. The van der Waals surface area contributed by atoms with E-state index in [0.717, 1.165) is 28.4 Å². The molecule has 4 rings (SSSR count). The topological polar surface area (TPSA) is 42.9 Å². The predicted octanol–water partition coefficient (Wildman–Crippen LogP) is 4.90. The Bertz CT molecular complexity index is 1010. The molecule has 24 heavy (non-hydrogen) atoms. The van der Waals surface area contributed by atoms with Gasteiger partial charge in [-0.1, -0.05) is 36.4 Å². The molecule has 0 aliphatic rings. The number of para-hydroxylation sites is 2. The van der Waals surface area contributed by atoms with Crippen molar-refractivity contribution in [3.05, 3.63) is 83.7 Å². The Morgan fingerprint density at radius 2 is 1.46 bits per heavy atom. The fourth-order valence-electron chi connectivity index (χ4n) is 2.53. The summed E-state index contributed by atoms with van der Waals surface area (Å²) in [7, 11) is 0. The highest BCUT2D eigenvalue weighted by Gasteiger charge is 2.00. The van der Waals surface area contributed by atoms with Gasteiger partial charge in [0.15, 0.2) is 6.29 Å². The van der Waals surface area contributed by atoms with Gasteiger partial charge in [0.25, 0.3) is 0 Å². The molecule has 2 heterocycles. The van der Waals surface area contributed by atoms with Crippen molar-refractivity contribution < 1.29 is 4.79 Å². The maximum atomic E-state index is 10.6. The summed E-state index contributed by atoms with van der Waals surface area (Å²) in [6.45, 7) is 3.90. The molecular weight excluding hydrogens is 296 g/mol. The van der Waals surface area contributed by atoms with Crippen LogP contribution in [0, 0.1) is 13.8 Å². The van der Waals surface area contributed by atoms with Crippen molar-refractivity contribution in [1.82, 2.24) is 9.97 Å². The van der Waals surface area contributed by atoms with Gasteiger partial charge in [0.1, 0.15) is 0 Å². The maximum Gasteiger partial charge on any atom is 0.151 e. The average Bonchev–Trinajstić information content (AvgIpc) is 2.61. The largest absolute Gasteiger partial charge is 0.298 e. The quantitative estimate of drug-likeness (QED) is 0.469. The molecule has 0 N–H and O–H groups in total. The van der Waals surface area contributed by atoms with Gasteiger partial charge in [-0.2, -0.15) is 0 Å². The second kappa shape index (κ2) is 7.01. The molecule has 3 nitrogen and oxygen atoms in total. The minimum absolute atomic E-state index is 0.665. The standard InChI is InChI=1S/C11H9NO.C10H9N/c1-8-10(7-13)6-9-4-2-3-5-11(9)12-8;1-8-6-9-4-2-3-5-10(9)11-7-8/h2-7H,1H3;2-7H,1H3. The summed E-state index contributed by atoms with van der Waals surface area (Å²) in [5, 5.41) is 2.22.